The number of fused-ring (bicyclic) bond motifs is 5. The van der Waals surface area contributed by atoms with Crippen LogP contribution in [0.3, 0.4) is 0 Å². The van der Waals surface area contributed by atoms with Gasteiger partial charge in [0, 0.05) is 0 Å². The van der Waals surface area contributed by atoms with Crippen LogP contribution in [0.15, 0.2) is 23.0 Å². The molecular formula is C21H30ClFO2. The van der Waals surface area contributed by atoms with Crippen molar-refractivity contribution in [3.63, 3.8) is 0 Å². The molecule has 2 nitrogen and oxygen atoms in total. The van der Waals surface area contributed by atoms with E-state index in [1.165, 1.54) is 5.57 Å². The minimum atomic E-state index is -0.459. The first-order valence-corrected chi connectivity index (χ1v) is 10.3. The van der Waals surface area contributed by atoms with E-state index in [0.29, 0.717) is 17.8 Å². The maximum absolute atomic E-state index is 14.3. The van der Waals surface area contributed by atoms with Gasteiger partial charge in [0.15, 0.2) is 0 Å². The lowest BCUT2D eigenvalue weighted by atomic mass is 9.47. The molecule has 3 saturated carbocycles. The van der Waals surface area contributed by atoms with Crippen molar-refractivity contribution in [2.75, 3.05) is 6.61 Å². The van der Waals surface area contributed by atoms with E-state index in [9.17, 15) is 14.6 Å². The average molecular weight is 369 g/mol. The number of allylic oxidation sites excluding steroid dienone is 2. The third-order valence-corrected chi connectivity index (χ3v) is 8.90. The molecule has 4 aliphatic carbocycles. The van der Waals surface area contributed by atoms with Crippen molar-refractivity contribution >= 4 is 11.6 Å². The molecule has 0 aromatic heterocycles. The van der Waals surface area contributed by atoms with Crippen LogP contribution in [-0.4, -0.2) is 28.3 Å². The SMILES string of the molecule is C[C@]12CC[C@H](O)C(Cl)C1=CC[C@@H]1[C@@H]2CC[C@]2(C)C(=C(F)CO)CC[C@@H]12. The zero-order chi connectivity index (χ0) is 18.0. The zero-order valence-electron chi connectivity index (χ0n) is 15.3. The Morgan fingerprint density at radius 3 is 2.60 bits per heavy atom. The molecule has 0 heterocycles. The number of alkyl halides is 1. The highest BCUT2D eigenvalue weighted by Crippen LogP contribution is 2.66. The summed E-state index contributed by atoms with van der Waals surface area (Å²) in [4.78, 5) is 0. The van der Waals surface area contributed by atoms with Gasteiger partial charge < -0.3 is 10.2 Å². The zero-order valence-corrected chi connectivity index (χ0v) is 16.0. The number of hydrogen-bond donors (Lipinski definition) is 2. The Hall–Kier alpha value is -0.380. The number of aliphatic hydroxyl groups excluding tert-OH is 2. The molecule has 0 saturated heterocycles. The standard InChI is InChI=1S/C21H30ClFO2/c1-20-9-7-14-12(13(20)5-6-15(20)17(23)11-24)3-4-16-19(22)18(25)8-10-21(14,16)2/h4,12-14,18-19,24-25H,3,5-11H2,1-2H3/t12-,13-,14-,18-,19?,20-,21+/m0/s1. The summed E-state index contributed by atoms with van der Waals surface area (Å²) in [6.07, 6.45) is 8.57. The van der Waals surface area contributed by atoms with Gasteiger partial charge in [0.25, 0.3) is 0 Å². The second-order valence-corrected chi connectivity index (χ2v) is 9.70. The summed E-state index contributed by atoms with van der Waals surface area (Å²) >= 11 is 6.58. The molecule has 4 rings (SSSR count). The molecule has 0 radical (unpaired) electrons. The molecule has 140 valence electrons. The normalized spacial score (nSPS) is 51.3. The average Bonchev–Trinajstić information content (AvgIpc) is 2.95. The molecule has 0 aliphatic heterocycles. The first-order valence-electron chi connectivity index (χ1n) is 9.84. The maximum atomic E-state index is 14.3. The fourth-order valence-corrected chi connectivity index (χ4v) is 7.49. The fraction of sp³-hybridized carbons (Fsp3) is 0.810. The highest BCUT2D eigenvalue weighted by atomic mass is 35.5. The smallest absolute Gasteiger partial charge is 0.125 e. The van der Waals surface area contributed by atoms with Crippen LogP contribution in [0, 0.1) is 28.6 Å². The van der Waals surface area contributed by atoms with Crippen molar-refractivity contribution in [2.45, 2.75) is 70.3 Å². The van der Waals surface area contributed by atoms with Crippen molar-refractivity contribution in [3.8, 4) is 0 Å². The summed E-state index contributed by atoms with van der Waals surface area (Å²) < 4.78 is 14.3. The number of hydrogen-bond acceptors (Lipinski definition) is 2. The van der Waals surface area contributed by atoms with Crippen molar-refractivity contribution < 1.29 is 14.6 Å². The lowest BCUT2D eigenvalue weighted by Gasteiger charge is -2.58. The summed E-state index contributed by atoms with van der Waals surface area (Å²) in [5.41, 5.74) is 2.13. The third-order valence-electron chi connectivity index (χ3n) is 8.37. The topological polar surface area (TPSA) is 40.5 Å². The fourth-order valence-electron chi connectivity index (χ4n) is 7.03. The van der Waals surface area contributed by atoms with Gasteiger partial charge in [-0.05, 0) is 84.7 Å². The molecule has 4 aliphatic rings. The van der Waals surface area contributed by atoms with Gasteiger partial charge in [-0.1, -0.05) is 19.9 Å². The van der Waals surface area contributed by atoms with E-state index in [1.807, 2.05) is 0 Å². The van der Waals surface area contributed by atoms with Crippen LogP contribution in [0.2, 0.25) is 0 Å². The number of aliphatic hydroxyl groups is 2. The highest BCUT2D eigenvalue weighted by Gasteiger charge is 2.58. The van der Waals surface area contributed by atoms with E-state index in [4.69, 9.17) is 11.6 Å². The molecule has 0 bridgehead atoms. The minimum Gasteiger partial charge on any atom is -0.391 e. The molecule has 0 amide bonds. The maximum Gasteiger partial charge on any atom is 0.125 e. The van der Waals surface area contributed by atoms with Gasteiger partial charge in [-0.15, -0.1) is 11.6 Å². The Morgan fingerprint density at radius 2 is 1.88 bits per heavy atom. The summed E-state index contributed by atoms with van der Waals surface area (Å²) in [7, 11) is 0. The summed E-state index contributed by atoms with van der Waals surface area (Å²) in [5.74, 6) is 1.35. The van der Waals surface area contributed by atoms with E-state index < -0.39 is 12.7 Å². The van der Waals surface area contributed by atoms with Crippen molar-refractivity contribution in [1.82, 2.24) is 0 Å². The molecule has 4 heteroatoms. The Labute approximate surface area is 155 Å². The predicted octanol–water partition coefficient (Wildman–Crippen LogP) is 4.74. The molecule has 2 N–H and O–H groups in total. The van der Waals surface area contributed by atoms with Crippen LogP contribution in [0.25, 0.3) is 0 Å². The summed E-state index contributed by atoms with van der Waals surface area (Å²) in [6, 6.07) is 0. The van der Waals surface area contributed by atoms with Gasteiger partial charge in [0.2, 0.25) is 0 Å². The molecule has 0 aromatic rings. The van der Waals surface area contributed by atoms with Crippen LogP contribution >= 0.6 is 11.6 Å². The molecule has 25 heavy (non-hydrogen) atoms. The molecular weight excluding hydrogens is 339 g/mol. The van der Waals surface area contributed by atoms with E-state index in [1.54, 1.807) is 0 Å². The van der Waals surface area contributed by atoms with E-state index in [2.05, 4.69) is 19.9 Å². The monoisotopic (exact) mass is 368 g/mol. The van der Waals surface area contributed by atoms with Gasteiger partial charge in [-0.3, -0.25) is 0 Å². The molecule has 1 unspecified atom stereocenters. The number of rotatable bonds is 1. The third kappa shape index (κ3) is 2.41. The van der Waals surface area contributed by atoms with Crippen LogP contribution in [-0.2, 0) is 0 Å². The summed E-state index contributed by atoms with van der Waals surface area (Å²) in [6.45, 7) is 4.11. The van der Waals surface area contributed by atoms with Gasteiger partial charge in [-0.25, -0.2) is 4.39 Å². The molecule has 3 fully saturated rings. The van der Waals surface area contributed by atoms with E-state index in [0.717, 1.165) is 50.5 Å². The largest absolute Gasteiger partial charge is 0.391 e. The Morgan fingerprint density at radius 1 is 1.20 bits per heavy atom. The minimum absolute atomic E-state index is 0.0812. The quantitative estimate of drug-likeness (QED) is 0.518. The highest BCUT2D eigenvalue weighted by molar-refractivity contribution is 6.23. The Kier molecular flexibility index (Phi) is 4.37. The summed E-state index contributed by atoms with van der Waals surface area (Å²) in [5, 5.41) is 19.2. The second kappa shape index (κ2) is 6.07. The number of halogens is 2. The van der Waals surface area contributed by atoms with Gasteiger partial charge in [0.1, 0.15) is 5.83 Å². The van der Waals surface area contributed by atoms with Gasteiger partial charge in [-0.2, -0.15) is 0 Å². The first-order chi connectivity index (χ1) is 11.8. The van der Waals surface area contributed by atoms with Crippen molar-refractivity contribution in [3.05, 3.63) is 23.0 Å². The van der Waals surface area contributed by atoms with E-state index >= 15 is 0 Å². The van der Waals surface area contributed by atoms with Crippen LogP contribution in [0.4, 0.5) is 4.39 Å². The van der Waals surface area contributed by atoms with Crippen LogP contribution in [0.1, 0.15) is 58.8 Å². The Balaban J connectivity index is 1.70. The van der Waals surface area contributed by atoms with Gasteiger partial charge in [0.05, 0.1) is 18.1 Å². The lowest BCUT2D eigenvalue weighted by molar-refractivity contribution is -0.0264. The molecule has 0 spiro atoms. The van der Waals surface area contributed by atoms with Gasteiger partial charge >= 0.3 is 0 Å². The van der Waals surface area contributed by atoms with E-state index in [-0.39, 0.29) is 22.0 Å². The predicted molar refractivity (Wildman–Crippen MR) is 98.0 cm³/mol. The Bertz CT molecular complexity index is 629. The molecule has 7 atom stereocenters. The van der Waals surface area contributed by atoms with Crippen LogP contribution in [0.5, 0.6) is 0 Å². The first kappa shape index (κ1) is 18.0. The molecule has 0 aromatic carbocycles. The van der Waals surface area contributed by atoms with Crippen molar-refractivity contribution in [2.24, 2.45) is 28.6 Å². The second-order valence-electron chi connectivity index (χ2n) is 9.23. The van der Waals surface area contributed by atoms with Crippen LogP contribution < -0.4 is 0 Å². The lowest BCUT2D eigenvalue weighted by Crippen LogP contribution is -2.52. The van der Waals surface area contributed by atoms with Crippen molar-refractivity contribution in [1.29, 1.82) is 0 Å².